The number of methoxy groups -OCH3 is 3. The normalized spacial score (nSPS) is 19.1. The molecular formula is C30H31NO7. The minimum absolute atomic E-state index is 0.0455. The quantitative estimate of drug-likeness (QED) is 0.315. The number of esters is 2. The molecule has 0 aliphatic carbocycles. The van der Waals surface area contributed by atoms with Crippen LogP contribution in [0.4, 0.5) is 0 Å². The maximum Gasteiger partial charge on any atom is 0.320 e. The summed E-state index contributed by atoms with van der Waals surface area (Å²) in [5.74, 6) is -2.67. The van der Waals surface area contributed by atoms with Crippen molar-refractivity contribution < 1.29 is 33.4 Å². The number of rotatable bonds is 8. The molecule has 4 rings (SSSR count). The van der Waals surface area contributed by atoms with Crippen LogP contribution in [0.2, 0.25) is 0 Å². The number of carbonyl (C=O) groups is 3. The van der Waals surface area contributed by atoms with E-state index >= 15 is 0 Å². The molecule has 3 atom stereocenters. The smallest absolute Gasteiger partial charge is 0.320 e. The Morgan fingerprint density at radius 3 is 1.95 bits per heavy atom. The molecule has 0 aromatic heterocycles. The van der Waals surface area contributed by atoms with Crippen molar-refractivity contribution in [1.82, 2.24) is 5.06 Å². The lowest BCUT2D eigenvalue weighted by Crippen LogP contribution is -2.50. The van der Waals surface area contributed by atoms with Gasteiger partial charge in [0.1, 0.15) is 11.9 Å². The van der Waals surface area contributed by atoms with Crippen molar-refractivity contribution in [3.05, 3.63) is 102 Å². The highest BCUT2D eigenvalue weighted by Crippen LogP contribution is 2.44. The molecule has 8 nitrogen and oxygen atoms in total. The summed E-state index contributed by atoms with van der Waals surface area (Å²) in [4.78, 5) is 45.6. The average molecular weight is 518 g/mol. The van der Waals surface area contributed by atoms with Crippen molar-refractivity contribution in [2.45, 2.75) is 30.9 Å². The lowest BCUT2D eigenvalue weighted by molar-refractivity contribution is -0.227. The van der Waals surface area contributed by atoms with Crippen LogP contribution in [0.25, 0.3) is 0 Å². The van der Waals surface area contributed by atoms with Gasteiger partial charge in [-0.1, -0.05) is 60.7 Å². The molecule has 0 bridgehead atoms. The highest BCUT2D eigenvalue weighted by molar-refractivity contribution is 5.96. The summed E-state index contributed by atoms with van der Waals surface area (Å²) in [7, 11) is 4.03. The summed E-state index contributed by atoms with van der Waals surface area (Å²) in [6.45, 7) is 0. The van der Waals surface area contributed by atoms with E-state index in [4.69, 9.17) is 19.0 Å². The molecule has 1 aliphatic rings. The summed E-state index contributed by atoms with van der Waals surface area (Å²) in [6, 6.07) is 25.3. The molecule has 1 aliphatic heterocycles. The summed E-state index contributed by atoms with van der Waals surface area (Å²) >= 11 is 0. The first kappa shape index (κ1) is 26.9. The maximum atomic E-state index is 13.9. The van der Waals surface area contributed by atoms with Crippen molar-refractivity contribution >= 4 is 17.8 Å². The molecule has 38 heavy (non-hydrogen) atoms. The van der Waals surface area contributed by atoms with Crippen LogP contribution < -0.4 is 4.74 Å². The molecule has 1 fully saturated rings. The summed E-state index contributed by atoms with van der Waals surface area (Å²) in [6.07, 6.45) is 0.0204. The molecule has 3 aromatic rings. The zero-order chi connectivity index (χ0) is 27.1. The molecule has 8 heteroatoms. The van der Waals surface area contributed by atoms with Gasteiger partial charge in [-0.3, -0.25) is 19.2 Å². The second kappa shape index (κ2) is 12.4. The van der Waals surface area contributed by atoms with E-state index < -0.39 is 30.0 Å². The molecule has 0 N–H and O–H groups in total. The van der Waals surface area contributed by atoms with Gasteiger partial charge in [-0.05, 0) is 48.2 Å². The van der Waals surface area contributed by atoms with E-state index in [0.29, 0.717) is 17.7 Å². The van der Waals surface area contributed by atoms with Crippen molar-refractivity contribution in [2.75, 3.05) is 21.3 Å². The van der Waals surface area contributed by atoms with Gasteiger partial charge in [0.25, 0.3) is 5.91 Å². The molecule has 3 aromatic carbocycles. The molecule has 1 saturated heterocycles. The molecule has 0 radical (unpaired) electrons. The minimum atomic E-state index is -1.24. The highest BCUT2D eigenvalue weighted by atomic mass is 16.7. The lowest BCUT2D eigenvalue weighted by Gasteiger charge is -2.45. The standard InChI is InChI=1S/C30H31NO7/c1-35-23-16-14-20(15-17-23)24-19-27(21-10-6-4-7-11-21)38-31(28(32)22-12-8-5-9-13-22)26(24)18-25(29(33)36-2)30(34)37-3/h4-17,24-27H,18-19H2,1-3H3/t24-,26?,27-/m0/s1. The Balaban J connectivity index is 1.82. The van der Waals surface area contributed by atoms with E-state index in [9.17, 15) is 14.4 Å². The molecule has 1 amide bonds. The van der Waals surface area contributed by atoms with Gasteiger partial charge in [-0.15, -0.1) is 0 Å². The van der Waals surface area contributed by atoms with Crippen LogP contribution in [0.1, 0.15) is 46.3 Å². The van der Waals surface area contributed by atoms with E-state index in [0.717, 1.165) is 11.1 Å². The monoisotopic (exact) mass is 517 g/mol. The van der Waals surface area contributed by atoms with Crippen LogP contribution in [0.15, 0.2) is 84.9 Å². The molecule has 1 heterocycles. The lowest BCUT2D eigenvalue weighted by atomic mass is 9.79. The van der Waals surface area contributed by atoms with Crippen LogP contribution in [-0.4, -0.2) is 50.3 Å². The topological polar surface area (TPSA) is 91.4 Å². The zero-order valence-electron chi connectivity index (χ0n) is 21.6. The first-order valence-electron chi connectivity index (χ1n) is 12.4. The number of ether oxygens (including phenoxy) is 3. The number of amides is 1. The first-order valence-corrected chi connectivity index (χ1v) is 12.4. The van der Waals surface area contributed by atoms with Gasteiger partial charge in [0.15, 0.2) is 5.92 Å². The minimum Gasteiger partial charge on any atom is -0.497 e. The first-order chi connectivity index (χ1) is 18.5. The molecule has 0 spiro atoms. The van der Waals surface area contributed by atoms with Crippen LogP contribution >= 0.6 is 0 Å². The second-order valence-electron chi connectivity index (χ2n) is 9.02. The van der Waals surface area contributed by atoms with Crippen molar-refractivity contribution in [3.8, 4) is 5.75 Å². The Morgan fingerprint density at radius 2 is 1.39 bits per heavy atom. The SMILES string of the molecule is COC(=O)C(CC1[C@H](c2ccc(OC)cc2)C[C@@H](c2ccccc2)ON1C(=O)c1ccccc1)C(=O)OC. The van der Waals surface area contributed by atoms with Crippen molar-refractivity contribution in [3.63, 3.8) is 0 Å². The molecule has 0 saturated carbocycles. The predicted octanol–water partition coefficient (Wildman–Crippen LogP) is 4.72. The summed E-state index contributed by atoms with van der Waals surface area (Å²) in [5, 5.41) is 1.32. The number of hydrogen-bond acceptors (Lipinski definition) is 7. The van der Waals surface area contributed by atoms with Gasteiger partial charge in [-0.2, -0.15) is 0 Å². The van der Waals surface area contributed by atoms with E-state index in [1.165, 1.54) is 19.3 Å². The summed E-state index contributed by atoms with van der Waals surface area (Å²) in [5.41, 5.74) is 2.25. The maximum absolute atomic E-state index is 13.9. The van der Waals surface area contributed by atoms with E-state index in [-0.39, 0.29) is 18.2 Å². The Hall–Kier alpha value is -4.17. The van der Waals surface area contributed by atoms with Gasteiger partial charge in [0.05, 0.1) is 27.4 Å². The van der Waals surface area contributed by atoms with Crippen LogP contribution in [0.3, 0.4) is 0 Å². The number of nitrogens with zero attached hydrogens (tertiary/aromatic N) is 1. The fourth-order valence-electron chi connectivity index (χ4n) is 4.86. The van der Waals surface area contributed by atoms with Gasteiger partial charge in [0.2, 0.25) is 0 Å². The fraction of sp³-hybridized carbons (Fsp3) is 0.300. The third-order valence-electron chi connectivity index (χ3n) is 6.86. The number of benzene rings is 3. The molecule has 1 unspecified atom stereocenters. The Kier molecular flexibility index (Phi) is 8.76. The second-order valence-corrected chi connectivity index (χ2v) is 9.02. The Bertz CT molecular complexity index is 1210. The van der Waals surface area contributed by atoms with E-state index in [2.05, 4.69) is 0 Å². The number of hydrogen-bond donors (Lipinski definition) is 0. The summed E-state index contributed by atoms with van der Waals surface area (Å²) < 4.78 is 15.2. The predicted molar refractivity (Wildman–Crippen MR) is 139 cm³/mol. The third-order valence-corrected chi connectivity index (χ3v) is 6.86. The zero-order valence-corrected chi connectivity index (χ0v) is 21.6. The third kappa shape index (κ3) is 5.86. The van der Waals surface area contributed by atoms with Gasteiger partial charge in [-0.25, -0.2) is 5.06 Å². The van der Waals surface area contributed by atoms with Crippen LogP contribution in [-0.2, 0) is 23.9 Å². The van der Waals surface area contributed by atoms with Gasteiger partial charge < -0.3 is 14.2 Å². The van der Waals surface area contributed by atoms with Crippen molar-refractivity contribution in [1.29, 1.82) is 0 Å². The van der Waals surface area contributed by atoms with E-state index in [1.54, 1.807) is 31.4 Å². The van der Waals surface area contributed by atoms with Gasteiger partial charge >= 0.3 is 11.9 Å². The Labute approximate surface area is 222 Å². The Morgan fingerprint density at radius 1 is 0.816 bits per heavy atom. The number of carbonyl (C=O) groups excluding carboxylic acids is 3. The highest BCUT2D eigenvalue weighted by Gasteiger charge is 2.45. The van der Waals surface area contributed by atoms with Crippen molar-refractivity contribution in [2.24, 2.45) is 5.92 Å². The number of hydroxylamine groups is 2. The van der Waals surface area contributed by atoms with Crippen LogP contribution in [0.5, 0.6) is 5.75 Å². The van der Waals surface area contributed by atoms with Gasteiger partial charge in [0, 0.05) is 11.5 Å². The fourth-order valence-corrected chi connectivity index (χ4v) is 4.86. The molecule has 198 valence electrons. The van der Waals surface area contributed by atoms with Crippen LogP contribution in [0, 0.1) is 5.92 Å². The average Bonchev–Trinajstić information content (AvgIpc) is 2.99. The van der Waals surface area contributed by atoms with E-state index in [1.807, 2.05) is 60.7 Å². The molecular weight excluding hydrogens is 486 g/mol. The largest absolute Gasteiger partial charge is 0.497 e.